The maximum absolute atomic E-state index is 10.7. The van der Waals surface area contributed by atoms with Crippen LogP contribution in [0.1, 0.15) is 25.7 Å². The molecule has 0 rings (SSSR count). The van der Waals surface area contributed by atoms with Crippen molar-refractivity contribution < 1.29 is 19.4 Å². The van der Waals surface area contributed by atoms with Crippen LogP contribution in [0.2, 0.25) is 0 Å². The molecule has 0 fully saturated rings. The summed E-state index contributed by atoms with van der Waals surface area (Å²) in [7, 11) is 0. The van der Waals surface area contributed by atoms with E-state index >= 15 is 0 Å². The Kier molecular flexibility index (Phi) is 6.24. The standard InChI is InChI=1S/C8H11NO4/c9-5-1-2-6-13-8(12)4-3-7(10)11/h1-4,6H2,(H,10,11). The SMILES string of the molecule is N#CCCCOC(=O)CCC(=O)O. The Morgan fingerprint density at radius 1 is 1.38 bits per heavy atom. The third-order valence-electron chi connectivity index (χ3n) is 1.24. The van der Waals surface area contributed by atoms with Crippen LogP contribution >= 0.6 is 0 Å². The van der Waals surface area contributed by atoms with Crippen molar-refractivity contribution in [2.45, 2.75) is 25.7 Å². The number of hydrogen-bond donors (Lipinski definition) is 1. The van der Waals surface area contributed by atoms with E-state index in [0.717, 1.165) is 0 Å². The lowest BCUT2D eigenvalue weighted by molar-refractivity contribution is -0.147. The molecule has 0 radical (unpaired) electrons. The number of esters is 1. The summed E-state index contributed by atoms with van der Waals surface area (Å²) in [4.78, 5) is 20.8. The van der Waals surface area contributed by atoms with Crippen molar-refractivity contribution in [3.8, 4) is 6.07 Å². The summed E-state index contributed by atoms with van der Waals surface area (Å²) in [5.41, 5.74) is 0. The number of carbonyl (C=O) groups excluding carboxylic acids is 1. The van der Waals surface area contributed by atoms with Crippen molar-refractivity contribution in [2.75, 3.05) is 6.61 Å². The molecule has 0 aromatic heterocycles. The molecule has 0 aromatic rings. The minimum Gasteiger partial charge on any atom is -0.481 e. The van der Waals surface area contributed by atoms with Crippen molar-refractivity contribution in [1.29, 1.82) is 5.26 Å². The predicted octanol–water partition coefficient (Wildman–Crippen LogP) is 0.698. The normalized spacial score (nSPS) is 8.85. The highest BCUT2D eigenvalue weighted by Crippen LogP contribution is 1.95. The van der Waals surface area contributed by atoms with Gasteiger partial charge in [-0.2, -0.15) is 5.26 Å². The van der Waals surface area contributed by atoms with Gasteiger partial charge in [0, 0.05) is 6.42 Å². The van der Waals surface area contributed by atoms with Gasteiger partial charge in [0.2, 0.25) is 0 Å². The third kappa shape index (κ3) is 8.34. The first kappa shape index (κ1) is 11.4. The Labute approximate surface area is 75.9 Å². The van der Waals surface area contributed by atoms with Gasteiger partial charge in [0.05, 0.1) is 25.5 Å². The molecular weight excluding hydrogens is 174 g/mol. The van der Waals surface area contributed by atoms with Gasteiger partial charge in [-0.25, -0.2) is 0 Å². The molecule has 0 aromatic carbocycles. The molecule has 0 unspecified atom stereocenters. The lowest BCUT2D eigenvalue weighted by Crippen LogP contribution is -2.08. The molecule has 0 bridgehead atoms. The highest BCUT2D eigenvalue weighted by Gasteiger charge is 2.05. The van der Waals surface area contributed by atoms with E-state index in [1.807, 2.05) is 6.07 Å². The molecule has 0 spiro atoms. The Hall–Kier alpha value is -1.57. The summed E-state index contributed by atoms with van der Waals surface area (Å²) < 4.78 is 4.64. The van der Waals surface area contributed by atoms with Crippen LogP contribution in [0.3, 0.4) is 0 Å². The maximum Gasteiger partial charge on any atom is 0.306 e. The van der Waals surface area contributed by atoms with Gasteiger partial charge in [-0.15, -0.1) is 0 Å². The van der Waals surface area contributed by atoms with E-state index in [2.05, 4.69) is 4.74 Å². The van der Waals surface area contributed by atoms with Gasteiger partial charge < -0.3 is 9.84 Å². The van der Waals surface area contributed by atoms with E-state index < -0.39 is 11.9 Å². The molecule has 0 aliphatic carbocycles. The molecule has 0 amide bonds. The Morgan fingerprint density at radius 3 is 2.62 bits per heavy atom. The fourth-order valence-electron chi connectivity index (χ4n) is 0.618. The smallest absolute Gasteiger partial charge is 0.306 e. The molecule has 5 nitrogen and oxygen atoms in total. The molecule has 0 atom stereocenters. The first-order valence-corrected chi connectivity index (χ1v) is 3.91. The number of nitriles is 1. The Balaban J connectivity index is 3.31. The number of carboxylic acids is 1. The lowest BCUT2D eigenvalue weighted by Gasteiger charge is -2.00. The molecular formula is C8H11NO4. The van der Waals surface area contributed by atoms with Gasteiger partial charge in [0.25, 0.3) is 0 Å². The monoisotopic (exact) mass is 185 g/mol. The molecule has 0 saturated heterocycles. The van der Waals surface area contributed by atoms with Gasteiger partial charge in [-0.1, -0.05) is 0 Å². The van der Waals surface area contributed by atoms with E-state index in [1.54, 1.807) is 0 Å². The van der Waals surface area contributed by atoms with E-state index in [0.29, 0.717) is 12.8 Å². The number of carboxylic acid groups (broad SMARTS) is 1. The highest BCUT2D eigenvalue weighted by atomic mass is 16.5. The lowest BCUT2D eigenvalue weighted by atomic mass is 10.3. The zero-order valence-electron chi connectivity index (χ0n) is 7.15. The summed E-state index contributed by atoms with van der Waals surface area (Å²) in [6, 6.07) is 1.91. The van der Waals surface area contributed by atoms with Gasteiger partial charge in [-0.3, -0.25) is 9.59 Å². The average Bonchev–Trinajstić information content (AvgIpc) is 2.09. The fourth-order valence-corrected chi connectivity index (χ4v) is 0.618. The van der Waals surface area contributed by atoms with Crippen molar-refractivity contribution in [3.63, 3.8) is 0 Å². The topological polar surface area (TPSA) is 87.4 Å². The number of aliphatic carboxylic acids is 1. The minimum atomic E-state index is -1.02. The Bertz CT molecular complexity index is 219. The van der Waals surface area contributed by atoms with Crippen LogP contribution in [0.15, 0.2) is 0 Å². The van der Waals surface area contributed by atoms with Gasteiger partial charge in [0.1, 0.15) is 0 Å². The average molecular weight is 185 g/mol. The van der Waals surface area contributed by atoms with E-state index in [-0.39, 0.29) is 19.4 Å². The number of nitrogens with zero attached hydrogens (tertiary/aromatic N) is 1. The van der Waals surface area contributed by atoms with Gasteiger partial charge >= 0.3 is 11.9 Å². The molecule has 5 heteroatoms. The third-order valence-corrected chi connectivity index (χ3v) is 1.24. The summed E-state index contributed by atoms with van der Waals surface area (Å²) >= 11 is 0. The number of carbonyl (C=O) groups is 2. The van der Waals surface area contributed by atoms with Crippen molar-refractivity contribution in [3.05, 3.63) is 0 Å². The van der Waals surface area contributed by atoms with E-state index in [4.69, 9.17) is 10.4 Å². The van der Waals surface area contributed by atoms with Gasteiger partial charge in [0.15, 0.2) is 0 Å². The second-order valence-electron chi connectivity index (χ2n) is 2.38. The van der Waals surface area contributed by atoms with Crippen molar-refractivity contribution in [2.24, 2.45) is 0 Å². The van der Waals surface area contributed by atoms with Gasteiger partial charge in [-0.05, 0) is 6.42 Å². The van der Waals surface area contributed by atoms with Crippen molar-refractivity contribution >= 4 is 11.9 Å². The number of hydrogen-bond acceptors (Lipinski definition) is 4. The minimum absolute atomic E-state index is 0.109. The molecule has 1 N–H and O–H groups in total. The molecule has 0 aliphatic heterocycles. The fraction of sp³-hybridized carbons (Fsp3) is 0.625. The van der Waals surface area contributed by atoms with Crippen molar-refractivity contribution in [1.82, 2.24) is 0 Å². The zero-order chi connectivity index (χ0) is 10.1. The van der Waals surface area contributed by atoms with Crippen LogP contribution in [-0.4, -0.2) is 23.7 Å². The number of rotatable bonds is 6. The second-order valence-corrected chi connectivity index (χ2v) is 2.38. The predicted molar refractivity (Wildman–Crippen MR) is 42.7 cm³/mol. The summed E-state index contributed by atoms with van der Waals surface area (Å²) in [6.07, 6.45) is 0.514. The largest absolute Gasteiger partial charge is 0.481 e. The molecule has 0 heterocycles. The van der Waals surface area contributed by atoms with Crippen LogP contribution in [0, 0.1) is 11.3 Å². The summed E-state index contributed by atoms with van der Waals surface area (Å²) in [5.74, 6) is -1.55. The van der Waals surface area contributed by atoms with Crippen LogP contribution in [0.25, 0.3) is 0 Å². The van der Waals surface area contributed by atoms with Crippen LogP contribution in [-0.2, 0) is 14.3 Å². The summed E-state index contributed by atoms with van der Waals surface area (Å²) in [5, 5.41) is 16.4. The Morgan fingerprint density at radius 2 is 2.08 bits per heavy atom. The summed E-state index contributed by atoms with van der Waals surface area (Å²) in [6.45, 7) is 0.187. The number of unbranched alkanes of at least 4 members (excludes halogenated alkanes) is 1. The first-order chi connectivity index (χ1) is 6.16. The van der Waals surface area contributed by atoms with Crippen LogP contribution in [0.5, 0.6) is 0 Å². The molecule has 13 heavy (non-hydrogen) atoms. The van der Waals surface area contributed by atoms with E-state index in [1.165, 1.54) is 0 Å². The number of ether oxygens (including phenoxy) is 1. The highest BCUT2D eigenvalue weighted by molar-refractivity contribution is 5.76. The van der Waals surface area contributed by atoms with E-state index in [9.17, 15) is 9.59 Å². The molecule has 72 valence electrons. The zero-order valence-corrected chi connectivity index (χ0v) is 7.15. The quantitative estimate of drug-likeness (QED) is 0.486. The molecule has 0 aliphatic rings. The second kappa shape index (κ2) is 7.10. The maximum atomic E-state index is 10.7. The van der Waals surface area contributed by atoms with Crippen LogP contribution < -0.4 is 0 Å². The first-order valence-electron chi connectivity index (χ1n) is 3.91. The van der Waals surface area contributed by atoms with Crippen LogP contribution in [0.4, 0.5) is 0 Å². The molecule has 0 saturated carbocycles.